The molecule has 1 aromatic rings. The van der Waals surface area contributed by atoms with Crippen molar-refractivity contribution in [3.05, 3.63) is 28.8 Å². The van der Waals surface area contributed by atoms with Gasteiger partial charge in [-0.2, -0.15) is 0 Å². The predicted octanol–water partition coefficient (Wildman–Crippen LogP) is 2.30. The normalized spacial score (nSPS) is 12.9. The van der Waals surface area contributed by atoms with Crippen molar-refractivity contribution in [2.24, 2.45) is 5.73 Å². The van der Waals surface area contributed by atoms with E-state index >= 15 is 0 Å². The third-order valence-corrected chi connectivity index (χ3v) is 2.57. The van der Waals surface area contributed by atoms with Gasteiger partial charge in [0.2, 0.25) is 0 Å². The average Bonchev–Trinajstić information content (AvgIpc) is 2.19. The van der Waals surface area contributed by atoms with Crippen LogP contribution in [0.1, 0.15) is 18.5 Å². The molecule has 1 atom stereocenters. The molecule has 0 saturated carbocycles. The fourth-order valence-electron chi connectivity index (χ4n) is 1.26. The first-order chi connectivity index (χ1) is 7.50. The van der Waals surface area contributed by atoms with Crippen LogP contribution in [0.5, 0.6) is 5.75 Å². The van der Waals surface area contributed by atoms with E-state index in [4.69, 9.17) is 22.1 Å². The smallest absolute Gasteiger partial charge is 0.137 e. The lowest BCUT2D eigenvalue weighted by Crippen LogP contribution is -2.19. The summed E-state index contributed by atoms with van der Waals surface area (Å²) in [5.74, 6) is 0.716. The molecule has 0 bridgehead atoms. The first-order valence-electron chi connectivity index (χ1n) is 5.33. The molecule has 0 spiro atoms. The molecule has 0 heterocycles. The van der Waals surface area contributed by atoms with Crippen LogP contribution in [0.3, 0.4) is 0 Å². The van der Waals surface area contributed by atoms with Crippen molar-refractivity contribution in [1.29, 1.82) is 0 Å². The summed E-state index contributed by atoms with van der Waals surface area (Å²) in [6, 6.07) is 5.67. The van der Waals surface area contributed by atoms with Gasteiger partial charge in [0.15, 0.2) is 0 Å². The van der Waals surface area contributed by atoms with Crippen LogP contribution in [0.4, 0.5) is 0 Å². The topological polar surface area (TPSA) is 38.5 Å². The second kappa shape index (κ2) is 6.09. The van der Waals surface area contributed by atoms with Crippen LogP contribution in [0.25, 0.3) is 0 Å². The molecule has 0 saturated heterocycles. The van der Waals surface area contributed by atoms with E-state index in [-0.39, 0.29) is 6.04 Å². The van der Waals surface area contributed by atoms with Gasteiger partial charge in [-0.15, -0.1) is 0 Å². The highest BCUT2D eigenvalue weighted by molar-refractivity contribution is 6.32. The summed E-state index contributed by atoms with van der Waals surface area (Å²) >= 11 is 6.09. The Morgan fingerprint density at radius 2 is 2.12 bits per heavy atom. The van der Waals surface area contributed by atoms with Crippen molar-refractivity contribution < 1.29 is 4.74 Å². The molecule has 0 amide bonds. The molecule has 1 aromatic carbocycles. The Morgan fingerprint density at radius 1 is 1.44 bits per heavy atom. The van der Waals surface area contributed by atoms with E-state index in [0.29, 0.717) is 17.4 Å². The highest BCUT2D eigenvalue weighted by Gasteiger charge is 2.05. The van der Waals surface area contributed by atoms with Crippen molar-refractivity contribution in [3.63, 3.8) is 0 Å². The summed E-state index contributed by atoms with van der Waals surface area (Å²) in [6.07, 6.45) is 0. The van der Waals surface area contributed by atoms with Gasteiger partial charge in [-0.3, -0.25) is 0 Å². The first kappa shape index (κ1) is 13.3. The molecule has 0 fully saturated rings. The Kier molecular flexibility index (Phi) is 5.06. The molecule has 1 rings (SSSR count). The molecule has 1 unspecified atom stereocenters. The van der Waals surface area contributed by atoms with Gasteiger partial charge >= 0.3 is 0 Å². The summed E-state index contributed by atoms with van der Waals surface area (Å²) in [5.41, 5.74) is 6.78. The maximum absolute atomic E-state index is 6.09. The number of rotatable bonds is 5. The number of halogens is 1. The number of nitrogens with zero attached hydrogens (tertiary/aromatic N) is 1. The molecule has 3 nitrogen and oxygen atoms in total. The number of nitrogens with two attached hydrogens (primary N) is 1. The number of ether oxygens (including phenoxy) is 1. The van der Waals surface area contributed by atoms with Crippen molar-refractivity contribution in [3.8, 4) is 5.75 Å². The highest BCUT2D eigenvalue weighted by atomic mass is 35.5. The summed E-state index contributed by atoms with van der Waals surface area (Å²) in [6.45, 7) is 3.42. The Hall–Kier alpha value is -0.770. The molecule has 16 heavy (non-hydrogen) atoms. The zero-order valence-corrected chi connectivity index (χ0v) is 10.8. The summed E-state index contributed by atoms with van der Waals surface area (Å²) in [7, 11) is 4.01. The standard InChI is InChI=1S/C12H19ClN2O/c1-9(14)10-4-5-12(11(13)8-10)16-7-6-15(2)3/h4-5,8-9H,6-7,14H2,1-3H3. The first-order valence-corrected chi connectivity index (χ1v) is 5.71. The van der Waals surface area contributed by atoms with Crippen LogP contribution in [-0.4, -0.2) is 32.1 Å². The molecule has 4 heteroatoms. The van der Waals surface area contributed by atoms with Gasteiger partial charge in [0.25, 0.3) is 0 Å². The predicted molar refractivity (Wildman–Crippen MR) is 68.1 cm³/mol. The lowest BCUT2D eigenvalue weighted by Gasteiger charge is -2.13. The van der Waals surface area contributed by atoms with Gasteiger partial charge in [0.1, 0.15) is 12.4 Å². The van der Waals surface area contributed by atoms with E-state index in [1.807, 2.05) is 39.2 Å². The van der Waals surface area contributed by atoms with Crippen LogP contribution in [0, 0.1) is 0 Å². The highest BCUT2D eigenvalue weighted by Crippen LogP contribution is 2.27. The van der Waals surface area contributed by atoms with Gasteiger partial charge in [0.05, 0.1) is 5.02 Å². The van der Waals surface area contributed by atoms with Crippen LogP contribution in [0.15, 0.2) is 18.2 Å². The summed E-state index contributed by atoms with van der Waals surface area (Å²) in [4.78, 5) is 2.06. The van der Waals surface area contributed by atoms with E-state index in [1.54, 1.807) is 0 Å². The number of hydrogen-bond acceptors (Lipinski definition) is 3. The molecule has 2 N–H and O–H groups in total. The third kappa shape index (κ3) is 4.00. The Labute approximate surface area is 102 Å². The van der Waals surface area contributed by atoms with E-state index in [9.17, 15) is 0 Å². The zero-order valence-electron chi connectivity index (χ0n) is 10.0. The lowest BCUT2D eigenvalue weighted by atomic mass is 10.1. The number of benzene rings is 1. The number of hydrogen-bond donors (Lipinski definition) is 1. The average molecular weight is 243 g/mol. The third-order valence-electron chi connectivity index (χ3n) is 2.28. The Balaban J connectivity index is 2.61. The van der Waals surface area contributed by atoms with Gasteiger partial charge in [-0.25, -0.2) is 0 Å². The Bertz CT molecular complexity index is 340. The molecule has 0 aliphatic carbocycles. The van der Waals surface area contributed by atoms with E-state index < -0.39 is 0 Å². The van der Waals surface area contributed by atoms with Gasteiger partial charge < -0.3 is 15.4 Å². The van der Waals surface area contributed by atoms with E-state index in [0.717, 1.165) is 12.1 Å². The Morgan fingerprint density at radius 3 is 2.62 bits per heavy atom. The van der Waals surface area contributed by atoms with Crippen molar-refractivity contribution >= 4 is 11.6 Å². The monoisotopic (exact) mass is 242 g/mol. The lowest BCUT2D eigenvalue weighted by molar-refractivity contribution is 0.261. The largest absolute Gasteiger partial charge is 0.491 e. The minimum absolute atomic E-state index is 0.00618. The quantitative estimate of drug-likeness (QED) is 0.861. The minimum atomic E-state index is -0.00618. The maximum atomic E-state index is 6.09. The van der Waals surface area contributed by atoms with Gasteiger partial charge in [0, 0.05) is 12.6 Å². The molecule has 0 aliphatic rings. The fraction of sp³-hybridized carbons (Fsp3) is 0.500. The molecule has 90 valence electrons. The number of likely N-dealkylation sites (N-methyl/N-ethyl adjacent to an activating group) is 1. The second-order valence-electron chi connectivity index (χ2n) is 4.13. The van der Waals surface area contributed by atoms with Crippen LogP contribution in [-0.2, 0) is 0 Å². The van der Waals surface area contributed by atoms with E-state index in [1.165, 1.54) is 0 Å². The zero-order chi connectivity index (χ0) is 12.1. The SMILES string of the molecule is CC(N)c1ccc(OCCN(C)C)c(Cl)c1. The van der Waals surface area contributed by atoms with Gasteiger partial charge in [-0.05, 0) is 38.7 Å². The maximum Gasteiger partial charge on any atom is 0.137 e. The van der Waals surface area contributed by atoms with E-state index in [2.05, 4.69) is 4.90 Å². The fourth-order valence-corrected chi connectivity index (χ4v) is 1.50. The second-order valence-corrected chi connectivity index (χ2v) is 4.54. The van der Waals surface area contributed by atoms with Crippen LogP contribution >= 0.6 is 11.6 Å². The molecule has 0 aliphatic heterocycles. The molecular formula is C12H19ClN2O. The van der Waals surface area contributed by atoms with Crippen molar-refractivity contribution in [2.75, 3.05) is 27.2 Å². The van der Waals surface area contributed by atoms with Crippen molar-refractivity contribution in [1.82, 2.24) is 4.90 Å². The molecule has 0 radical (unpaired) electrons. The molecule has 0 aromatic heterocycles. The summed E-state index contributed by atoms with van der Waals surface area (Å²) in [5, 5.41) is 0.619. The van der Waals surface area contributed by atoms with Crippen LogP contribution in [0.2, 0.25) is 5.02 Å². The van der Waals surface area contributed by atoms with Gasteiger partial charge in [-0.1, -0.05) is 17.7 Å². The van der Waals surface area contributed by atoms with Crippen LogP contribution < -0.4 is 10.5 Å². The summed E-state index contributed by atoms with van der Waals surface area (Å²) < 4.78 is 5.57. The minimum Gasteiger partial charge on any atom is -0.491 e. The molecular weight excluding hydrogens is 224 g/mol. The van der Waals surface area contributed by atoms with Crippen molar-refractivity contribution in [2.45, 2.75) is 13.0 Å².